The Labute approximate surface area is 91.4 Å². The van der Waals surface area contributed by atoms with Crippen molar-refractivity contribution in [1.82, 2.24) is 0 Å². The zero-order valence-corrected chi connectivity index (χ0v) is 10.3. The van der Waals surface area contributed by atoms with E-state index >= 15 is 0 Å². The van der Waals surface area contributed by atoms with E-state index < -0.39 is 0 Å². The molecule has 1 aliphatic rings. The Balaban J connectivity index is 2.06. The van der Waals surface area contributed by atoms with Gasteiger partial charge in [-0.15, -0.1) is 11.3 Å². The van der Waals surface area contributed by atoms with E-state index in [1.165, 1.54) is 31.2 Å². The predicted molar refractivity (Wildman–Crippen MR) is 64.2 cm³/mol. The Kier molecular flexibility index (Phi) is 2.96. The predicted octanol–water partition coefficient (Wildman–Crippen LogP) is 4.52. The minimum absolute atomic E-state index is 0.704. The first kappa shape index (κ1) is 10.2. The molecule has 1 aromatic rings. The Morgan fingerprint density at radius 2 is 2.14 bits per heavy atom. The van der Waals surface area contributed by atoms with Crippen LogP contribution in [-0.2, 0) is 6.42 Å². The summed E-state index contributed by atoms with van der Waals surface area (Å²) in [7, 11) is 0. The largest absolute Gasteiger partial charge is 0.148 e. The van der Waals surface area contributed by atoms with Gasteiger partial charge in [0.1, 0.15) is 0 Å². The highest BCUT2D eigenvalue weighted by Crippen LogP contribution is 2.36. The molecule has 1 fully saturated rings. The van der Waals surface area contributed by atoms with Crippen molar-refractivity contribution < 1.29 is 0 Å². The molecule has 0 amide bonds. The minimum atomic E-state index is 0.704. The monoisotopic (exact) mass is 208 g/mol. The number of hydrogen-bond donors (Lipinski definition) is 0. The lowest BCUT2D eigenvalue weighted by molar-refractivity contribution is 0.721. The standard InChI is InChI=1S/C13H20S/c1-9(2)13-10(3)8-14-12(13)7-6-11-4-5-11/h8-9,11H,4-7H2,1-3H3. The molecule has 0 unspecified atom stereocenters. The smallest absolute Gasteiger partial charge is 0.00826 e. The van der Waals surface area contributed by atoms with Crippen LogP contribution in [0.5, 0.6) is 0 Å². The summed E-state index contributed by atoms with van der Waals surface area (Å²) in [5, 5.41) is 2.33. The SMILES string of the molecule is Cc1csc(CCC2CC2)c1C(C)C. The summed E-state index contributed by atoms with van der Waals surface area (Å²) in [6, 6.07) is 0. The van der Waals surface area contributed by atoms with Crippen molar-refractivity contribution in [2.45, 2.75) is 52.4 Å². The molecule has 0 spiro atoms. The first-order valence-corrected chi connectivity index (χ1v) is 6.63. The van der Waals surface area contributed by atoms with E-state index in [1.54, 1.807) is 10.4 Å². The lowest BCUT2D eigenvalue weighted by atomic mass is 9.98. The molecule has 1 heterocycles. The van der Waals surface area contributed by atoms with Gasteiger partial charge in [-0.3, -0.25) is 0 Å². The van der Waals surface area contributed by atoms with E-state index in [-0.39, 0.29) is 0 Å². The van der Waals surface area contributed by atoms with Gasteiger partial charge in [-0.2, -0.15) is 0 Å². The molecule has 0 nitrogen and oxygen atoms in total. The molecule has 0 bridgehead atoms. The average Bonchev–Trinajstić information content (AvgIpc) is 2.86. The molecule has 0 aliphatic heterocycles. The van der Waals surface area contributed by atoms with Crippen LogP contribution in [0.15, 0.2) is 5.38 Å². The maximum absolute atomic E-state index is 2.33. The highest BCUT2D eigenvalue weighted by atomic mass is 32.1. The lowest BCUT2D eigenvalue weighted by Gasteiger charge is -2.08. The lowest BCUT2D eigenvalue weighted by Crippen LogP contribution is -1.94. The second kappa shape index (κ2) is 4.06. The van der Waals surface area contributed by atoms with Crippen LogP contribution < -0.4 is 0 Å². The number of rotatable bonds is 4. The Bertz CT molecular complexity index is 305. The molecule has 78 valence electrons. The normalized spacial score (nSPS) is 16.6. The minimum Gasteiger partial charge on any atom is -0.148 e. The highest BCUT2D eigenvalue weighted by Gasteiger charge is 2.22. The van der Waals surface area contributed by atoms with E-state index in [9.17, 15) is 0 Å². The Morgan fingerprint density at radius 3 is 2.71 bits per heavy atom. The van der Waals surface area contributed by atoms with Crippen molar-refractivity contribution in [2.24, 2.45) is 5.92 Å². The molecule has 0 atom stereocenters. The molecule has 0 aromatic carbocycles. The molecule has 2 rings (SSSR count). The molecule has 0 N–H and O–H groups in total. The van der Waals surface area contributed by atoms with Crippen LogP contribution in [0, 0.1) is 12.8 Å². The first-order valence-electron chi connectivity index (χ1n) is 5.75. The van der Waals surface area contributed by atoms with Crippen molar-refractivity contribution in [3.63, 3.8) is 0 Å². The van der Waals surface area contributed by atoms with Gasteiger partial charge < -0.3 is 0 Å². The van der Waals surface area contributed by atoms with Gasteiger partial charge in [0.25, 0.3) is 0 Å². The van der Waals surface area contributed by atoms with E-state index in [0.717, 1.165) is 5.92 Å². The Morgan fingerprint density at radius 1 is 1.43 bits per heavy atom. The second-order valence-corrected chi connectivity index (χ2v) is 5.86. The van der Waals surface area contributed by atoms with Crippen LogP contribution in [0.25, 0.3) is 0 Å². The molecule has 1 heteroatoms. The van der Waals surface area contributed by atoms with Gasteiger partial charge >= 0.3 is 0 Å². The maximum Gasteiger partial charge on any atom is 0.00826 e. The molecule has 14 heavy (non-hydrogen) atoms. The fraction of sp³-hybridized carbons (Fsp3) is 0.692. The summed E-state index contributed by atoms with van der Waals surface area (Å²) in [6.07, 6.45) is 5.74. The van der Waals surface area contributed by atoms with Gasteiger partial charge in [0.05, 0.1) is 0 Å². The number of hydrogen-bond acceptors (Lipinski definition) is 1. The van der Waals surface area contributed by atoms with E-state index in [4.69, 9.17) is 0 Å². The zero-order valence-electron chi connectivity index (χ0n) is 9.47. The molecular formula is C13H20S. The summed E-state index contributed by atoms with van der Waals surface area (Å²) in [5.41, 5.74) is 3.14. The Hall–Kier alpha value is -0.300. The van der Waals surface area contributed by atoms with Crippen LogP contribution in [0.2, 0.25) is 0 Å². The second-order valence-electron chi connectivity index (χ2n) is 4.89. The van der Waals surface area contributed by atoms with Gasteiger partial charge in [-0.1, -0.05) is 26.7 Å². The third-order valence-corrected chi connectivity index (χ3v) is 4.34. The zero-order chi connectivity index (χ0) is 10.1. The van der Waals surface area contributed by atoms with Crippen molar-refractivity contribution >= 4 is 11.3 Å². The number of aryl methyl sites for hydroxylation is 2. The van der Waals surface area contributed by atoms with E-state index in [0.29, 0.717) is 5.92 Å². The summed E-state index contributed by atoms with van der Waals surface area (Å²) in [4.78, 5) is 1.66. The highest BCUT2D eigenvalue weighted by molar-refractivity contribution is 7.10. The first-order chi connectivity index (χ1) is 6.68. The van der Waals surface area contributed by atoms with Crippen molar-refractivity contribution in [3.8, 4) is 0 Å². The fourth-order valence-corrected chi connectivity index (χ4v) is 3.42. The van der Waals surface area contributed by atoms with E-state index in [1.807, 2.05) is 11.3 Å². The molecule has 1 saturated carbocycles. The summed E-state index contributed by atoms with van der Waals surface area (Å²) < 4.78 is 0. The van der Waals surface area contributed by atoms with Crippen molar-refractivity contribution in [1.29, 1.82) is 0 Å². The van der Waals surface area contributed by atoms with Gasteiger partial charge in [0.2, 0.25) is 0 Å². The topological polar surface area (TPSA) is 0 Å². The van der Waals surface area contributed by atoms with E-state index in [2.05, 4.69) is 26.2 Å². The molecule has 1 aromatic heterocycles. The molecule has 1 aliphatic carbocycles. The van der Waals surface area contributed by atoms with Crippen molar-refractivity contribution in [3.05, 3.63) is 21.4 Å². The van der Waals surface area contributed by atoms with Crippen LogP contribution in [-0.4, -0.2) is 0 Å². The number of thiophene rings is 1. The van der Waals surface area contributed by atoms with Crippen molar-refractivity contribution in [2.75, 3.05) is 0 Å². The molecule has 0 saturated heterocycles. The van der Waals surface area contributed by atoms with Gasteiger partial charge in [0.15, 0.2) is 0 Å². The fourth-order valence-electron chi connectivity index (χ4n) is 2.22. The third-order valence-electron chi connectivity index (χ3n) is 3.16. The summed E-state index contributed by atoms with van der Waals surface area (Å²) in [6.45, 7) is 6.89. The molecular weight excluding hydrogens is 188 g/mol. The quantitative estimate of drug-likeness (QED) is 0.682. The third kappa shape index (κ3) is 2.20. The van der Waals surface area contributed by atoms with Gasteiger partial charge in [-0.05, 0) is 48.1 Å². The average molecular weight is 208 g/mol. The van der Waals surface area contributed by atoms with Crippen LogP contribution in [0.3, 0.4) is 0 Å². The van der Waals surface area contributed by atoms with Gasteiger partial charge in [-0.25, -0.2) is 0 Å². The summed E-state index contributed by atoms with van der Waals surface area (Å²) >= 11 is 1.97. The summed E-state index contributed by atoms with van der Waals surface area (Å²) in [5.74, 6) is 1.77. The van der Waals surface area contributed by atoms with Crippen LogP contribution in [0.1, 0.15) is 55.0 Å². The van der Waals surface area contributed by atoms with Gasteiger partial charge in [0, 0.05) is 4.88 Å². The van der Waals surface area contributed by atoms with Crippen LogP contribution >= 0.6 is 11.3 Å². The maximum atomic E-state index is 2.33. The molecule has 0 radical (unpaired) electrons. The van der Waals surface area contributed by atoms with Crippen LogP contribution in [0.4, 0.5) is 0 Å².